The number of carbonyl (C=O) groups excluding carboxylic acids is 2. The molecular weight excluding hydrogens is 544 g/mol. The smallest absolute Gasteiger partial charge is 0.326 e. The van der Waals surface area contributed by atoms with Gasteiger partial charge < -0.3 is 24.1 Å². The van der Waals surface area contributed by atoms with Crippen molar-refractivity contribution in [1.82, 2.24) is 0 Å². The van der Waals surface area contributed by atoms with Gasteiger partial charge >= 0.3 is 23.8 Å². The van der Waals surface area contributed by atoms with Crippen molar-refractivity contribution in [2.75, 3.05) is 45.4 Å². The van der Waals surface area contributed by atoms with Crippen LogP contribution in [-0.2, 0) is 38.7 Å². The van der Waals surface area contributed by atoms with E-state index in [1.165, 1.54) is 0 Å². The van der Waals surface area contributed by atoms with Gasteiger partial charge in [0.25, 0.3) is 10.1 Å². The Morgan fingerprint density at radius 1 is 0.895 bits per heavy atom. The summed E-state index contributed by atoms with van der Waals surface area (Å²) in [6.45, 7) is 0.756. The van der Waals surface area contributed by atoms with E-state index in [0.29, 0.717) is 25.7 Å². The van der Waals surface area contributed by atoms with Gasteiger partial charge in [0, 0.05) is 12.8 Å². The molecule has 4 saturated carbocycles. The molecule has 0 aliphatic heterocycles. The highest BCUT2D eigenvalue weighted by molar-refractivity contribution is 7.85. The maximum atomic E-state index is 14.0. The zero-order valence-corrected chi connectivity index (χ0v) is 21.7. The number of carbonyl (C=O) groups is 2. The fourth-order valence-corrected chi connectivity index (χ4v) is 7.01. The van der Waals surface area contributed by atoms with Crippen molar-refractivity contribution in [3.63, 3.8) is 0 Å². The lowest BCUT2D eigenvalue weighted by Crippen LogP contribution is -2.60. The highest BCUT2D eigenvalue weighted by Crippen LogP contribution is 2.63. The predicted octanol–water partition coefficient (Wildman–Crippen LogP) is 2.38. The van der Waals surface area contributed by atoms with Gasteiger partial charge in [0.15, 0.2) is 0 Å². The molecule has 10 nitrogen and oxygen atoms in total. The third kappa shape index (κ3) is 7.77. The molecule has 4 bridgehead atoms. The molecule has 2 N–H and O–H groups in total. The first-order valence-electron chi connectivity index (χ1n) is 12.5. The second kappa shape index (κ2) is 11.9. The summed E-state index contributed by atoms with van der Waals surface area (Å²) in [5, 5.41) is 8.64. The minimum absolute atomic E-state index is 0.00441. The van der Waals surface area contributed by atoms with Crippen LogP contribution < -0.4 is 0 Å². The van der Waals surface area contributed by atoms with E-state index >= 15 is 0 Å². The van der Waals surface area contributed by atoms with E-state index in [0.717, 1.165) is 6.42 Å². The molecule has 4 aliphatic rings. The van der Waals surface area contributed by atoms with Crippen molar-refractivity contribution in [2.24, 2.45) is 17.3 Å². The summed E-state index contributed by atoms with van der Waals surface area (Å²) in [5.41, 5.74) is -1.99. The van der Waals surface area contributed by atoms with Crippen molar-refractivity contribution in [3.8, 4) is 0 Å². The number of ether oxygens (including phenoxy) is 4. The van der Waals surface area contributed by atoms with E-state index in [1.54, 1.807) is 0 Å². The number of esters is 2. The predicted molar refractivity (Wildman–Crippen MR) is 121 cm³/mol. The number of halogens is 4. The van der Waals surface area contributed by atoms with E-state index in [4.69, 9.17) is 28.6 Å². The number of aliphatic hydroxyl groups is 1. The van der Waals surface area contributed by atoms with Gasteiger partial charge in [0.1, 0.15) is 18.0 Å². The average Bonchev–Trinajstić information content (AvgIpc) is 2.76. The van der Waals surface area contributed by atoms with E-state index < -0.39 is 63.5 Å². The van der Waals surface area contributed by atoms with E-state index in [2.05, 4.69) is 0 Å². The molecule has 0 saturated heterocycles. The van der Waals surface area contributed by atoms with Gasteiger partial charge in [0.05, 0.1) is 44.9 Å². The van der Waals surface area contributed by atoms with Gasteiger partial charge in [-0.3, -0.25) is 14.1 Å². The topological polar surface area (TPSA) is 146 Å². The first-order chi connectivity index (χ1) is 17.6. The molecule has 4 fully saturated rings. The zero-order valence-electron chi connectivity index (χ0n) is 20.8. The minimum atomic E-state index is -5.38. The Morgan fingerprint density at radius 3 is 2.05 bits per heavy atom. The highest BCUT2D eigenvalue weighted by atomic mass is 32.2. The Labute approximate surface area is 218 Å². The van der Waals surface area contributed by atoms with Gasteiger partial charge in [-0.25, -0.2) is 0 Å². The summed E-state index contributed by atoms with van der Waals surface area (Å²) in [4.78, 5) is 25.5. The zero-order chi connectivity index (χ0) is 28.2. The molecule has 0 heterocycles. The van der Waals surface area contributed by atoms with Crippen LogP contribution in [0.3, 0.4) is 0 Å². The highest BCUT2D eigenvalue weighted by Gasteiger charge is 2.63. The fourth-order valence-electron chi connectivity index (χ4n) is 6.34. The summed E-state index contributed by atoms with van der Waals surface area (Å²) in [6, 6.07) is 0. The maximum absolute atomic E-state index is 14.0. The van der Waals surface area contributed by atoms with E-state index in [-0.39, 0.29) is 57.9 Å². The molecule has 15 heteroatoms. The van der Waals surface area contributed by atoms with Crippen LogP contribution in [-0.4, -0.2) is 92.9 Å². The summed E-state index contributed by atoms with van der Waals surface area (Å²) in [5.74, 6) is -13.9. The second-order valence-corrected chi connectivity index (χ2v) is 12.1. The molecule has 2 unspecified atom stereocenters. The Kier molecular flexibility index (Phi) is 9.71. The molecule has 38 heavy (non-hydrogen) atoms. The van der Waals surface area contributed by atoms with Crippen LogP contribution in [0.2, 0.25) is 0 Å². The number of alkyl halides is 4. The first kappa shape index (κ1) is 31.0. The van der Waals surface area contributed by atoms with Crippen molar-refractivity contribution in [3.05, 3.63) is 0 Å². The molecule has 0 amide bonds. The van der Waals surface area contributed by atoms with Gasteiger partial charge in [-0.2, -0.15) is 26.0 Å². The summed E-state index contributed by atoms with van der Waals surface area (Å²) >= 11 is 0. The SMILES string of the molecule is O=C(CCC(F)(F)C(F)(F)CS(=O)(=O)O)OC12CC3CC(C1)CC(C(=O)OCCOCCOCCO)(C3)C2. The van der Waals surface area contributed by atoms with Crippen LogP contribution in [0.4, 0.5) is 17.6 Å². The largest absolute Gasteiger partial charge is 0.463 e. The van der Waals surface area contributed by atoms with Crippen LogP contribution in [0.1, 0.15) is 51.4 Å². The molecule has 0 aromatic carbocycles. The molecule has 4 rings (SSSR count). The summed E-state index contributed by atoms with van der Waals surface area (Å²) < 4.78 is 107. The summed E-state index contributed by atoms with van der Waals surface area (Å²) in [7, 11) is -5.38. The number of aliphatic hydroxyl groups excluding tert-OH is 1. The van der Waals surface area contributed by atoms with Crippen LogP contribution >= 0.6 is 0 Å². The lowest BCUT2D eigenvalue weighted by molar-refractivity contribution is -0.218. The van der Waals surface area contributed by atoms with E-state index in [1.807, 2.05) is 0 Å². The van der Waals surface area contributed by atoms with Gasteiger partial charge in [0.2, 0.25) is 0 Å². The Balaban J connectivity index is 1.53. The van der Waals surface area contributed by atoms with Crippen molar-refractivity contribution < 1.29 is 64.2 Å². The van der Waals surface area contributed by atoms with Crippen molar-refractivity contribution >= 4 is 22.1 Å². The molecule has 0 radical (unpaired) electrons. The van der Waals surface area contributed by atoms with Gasteiger partial charge in [-0.15, -0.1) is 0 Å². The fraction of sp³-hybridized carbons (Fsp3) is 0.913. The van der Waals surface area contributed by atoms with Crippen molar-refractivity contribution in [1.29, 1.82) is 0 Å². The average molecular weight is 579 g/mol. The number of hydrogen-bond acceptors (Lipinski definition) is 9. The monoisotopic (exact) mass is 578 g/mol. The number of hydrogen-bond donors (Lipinski definition) is 2. The molecule has 0 spiro atoms. The van der Waals surface area contributed by atoms with Crippen LogP contribution in [0.25, 0.3) is 0 Å². The lowest BCUT2D eigenvalue weighted by atomic mass is 9.48. The number of rotatable bonds is 16. The first-order valence-corrected chi connectivity index (χ1v) is 14.1. The molecule has 4 aliphatic carbocycles. The summed E-state index contributed by atoms with van der Waals surface area (Å²) in [6.07, 6.45) is 0.132. The van der Waals surface area contributed by atoms with Gasteiger partial charge in [-0.05, 0) is 43.9 Å². The van der Waals surface area contributed by atoms with Gasteiger partial charge in [-0.1, -0.05) is 0 Å². The molecule has 0 aromatic rings. The molecule has 0 aromatic heterocycles. The van der Waals surface area contributed by atoms with Crippen LogP contribution in [0.5, 0.6) is 0 Å². The second-order valence-electron chi connectivity index (χ2n) is 10.6. The normalized spacial score (nSPS) is 28.9. The molecule has 220 valence electrons. The standard InChI is InChI=1S/C23H34F4O10S/c24-22(25,23(26,27)15-38(31,32)33)2-1-18(29)37-21-12-16-9-17(13-21)11-20(10-16,14-21)19(30)36-8-7-35-6-5-34-4-3-28/h16-17,28H,1-15H2,(H,31,32,33). The minimum Gasteiger partial charge on any atom is -0.463 e. The van der Waals surface area contributed by atoms with Crippen LogP contribution in [0, 0.1) is 17.3 Å². The van der Waals surface area contributed by atoms with Crippen molar-refractivity contribution in [2.45, 2.75) is 68.8 Å². The molecular formula is C23H34F4O10S. The van der Waals surface area contributed by atoms with Crippen LogP contribution in [0.15, 0.2) is 0 Å². The van der Waals surface area contributed by atoms with E-state index in [9.17, 15) is 35.6 Å². The third-order valence-electron chi connectivity index (χ3n) is 7.38. The Bertz CT molecular complexity index is 944. The maximum Gasteiger partial charge on any atom is 0.326 e. The third-order valence-corrected chi connectivity index (χ3v) is 8.11. The Morgan fingerprint density at radius 2 is 1.47 bits per heavy atom. The lowest BCUT2D eigenvalue weighted by Gasteiger charge is -2.59. The quantitative estimate of drug-likeness (QED) is 0.121. The Hall–Kier alpha value is -1.55. The molecule has 2 atom stereocenters.